The van der Waals surface area contributed by atoms with Crippen LogP contribution < -0.4 is 10.1 Å². The molecule has 4 atom stereocenters. The van der Waals surface area contributed by atoms with Crippen LogP contribution in [-0.2, 0) is 14.9 Å². The lowest BCUT2D eigenvalue weighted by molar-refractivity contribution is -0.169. The number of anilines is 1. The molecule has 0 radical (unpaired) electrons. The van der Waals surface area contributed by atoms with Gasteiger partial charge in [0.15, 0.2) is 0 Å². The maximum absolute atomic E-state index is 13.7. The first-order valence-corrected chi connectivity index (χ1v) is 11.7. The van der Waals surface area contributed by atoms with E-state index >= 15 is 0 Å². The summed E-state index contributed by atoms with van der Waals surface area (Å²) in [5, 5.41) is 2.43. The van der Waals surface area contributed by atoms with E-state index < -0.39 is 30.7 Å². The average Bonchev–Trinajstić information content (AvgIpc) is 2.79. The lowest BCUT2D eigenvalue weighted by Crippen LogP contribution is -2.45. The molecule has 3 rings (SSSR count). The van der Waals surface area contributed by atoms with Crippen LogP contribution in [-0.4, -0.2) is 31.4 Å². The number of benzene rings is 2. The van der Waals surface area contributed by atoms with Gasteiger partial charge >= 0.3 is 12.1 Å². The Balaban J connectivity index is 1.73. The Hall–Kier alpha value is -2.70. The number of esters is 1. The summed E-state index contributed by atoms with van der Waals surface area (Å²) in [5.41, 5.74) is 1.10. The lowest BCUT2D eigenvalue weighted by Gasteiger charge is -2.44. The summed E-state index contributed by atoms with van der Waals surface area (Å²) in [4.78, 5) is 12.8. The molecule has 1 aliphatic rings. The quantitative estimate of drug-likeness (QED) is 0.427. The van der Waals surface area contributed by atoms with E-state index in [2.05, 4.69) is 38.2 Å². The first-order valence-electron chi connectivity index (χ1n) is 11.7. The molecule has 0 spiro atoms. The topological polar surface area (TPSA) is 47.6 Å². The van der Waals surface area contributed by atoms with Crippen molar-refractivity contribution in [2.24, 2.45) is 11.8 Å². The van der Waals surface area contributed by atoms with Gasteiger partial charge in [-0.3, -0.25) is 4.79 Å². The van der Waals surface area contributed by atoms with E-state index in [0.29, 0.717) is 18.1 Å². The van der Waals surface area contributed by atoms with Crippen LogP contribution in [0.2, 0.25) is 0 Å². The van der Waals surface area contributed by atoms with Gasteiger partial charge in [0.05, 0.1) is 13.5 Å². The minimum absolute atomic E-state index is 0.0222. The molecule has 2 aromatic rings. The third kappa shape index (κ3) is 6.45. The Kier molecular flexibility index (Phi) is 8.16. The molecule has 0 saturated heterocycles. The summed E-state index contributed by atoms with van der Waals surface area (Å²) in [6.45, 7) is 6.33. The zero-order valence-corrected chi connectivity index (χ0v) is 20.2. The number of rotatable bonds is 8. The lowest BCUT2D eigenvalue weighted by atomic mass is 9.64. The molecule has 1 aliphatic carbocycles. The van der Waals surface area contributed by atoms with E-state index in [9.17, 15) is 18.0 Å². The van der Waals surface area contributed by atoms with Gasteiger partial charge in [0, 0.05) is 11.6 Å². The highest BCUT2D eigenvalue weighted by Gasteiger charge is 2.44. The summed E-state index contributed by atoms with van der Waals surface area (Å²) in [5.74, 6) is 0.0636. The number of halogens is 3. The minimum Gasteiger partial charge on any atom is -0.497 e. The number of carbonyl (C=O) groups excluding carboxylic acids is 1. The molecular formula is C27H34F3NO3. The van der Waals surface area contributed by atoms with Crippen LogP contribution in [0.5, 0.6) is 5.75 Å². The van der Waals surface area contributed by atoms with Gasteiger partial charge in [-0.25, -0.2) is 0 Å². The summed E-state index contributed by atoms with van der Waals surface area (Å²) in [6, 6.07) is 14.1. The van der Waals surface area contributed by atoms with Crippen molar-refractivity contribution in [2.75, 3.05) is 12.4 Å². The Morgan fingerprint density at radius 1 is 1.06 bits per heavy atom. The Morgan fingerprint density at radius 3 is 2.29 bits per heavy atom. The molecule has 0 unspecified atom stereocenters. The van der Waals surface area contributed by atoms with Crippen molar-refractivity contribution in [1.82, 2.24) is 0 Å². The van der Waals surface area contributed by atoms with Crippen molar-refractivity contribution in [3.63, 3.8) is 0 Å². The van der Waals surface area contributed by atoms with Crippen molar-refractivity contribution in [1.29, 1.82) is 0 Å². The van der Waals surface area contributed by atoms with Crippen LogP contribution >= 0.6 is 0 Å². The highest BCUT2D eigenvalue weighted by Crippen LogP contribution is 2.44. The number of hydrogen-bond donors (Lipinski definition) is 1. The van der Waals surface area contributed by atoms with Crippen molar-refractivity contribution < 1.29 is 27.4 Å². The number of ether oxygens (including phenoxy) is 2. The highest BCUT2D eigenvalue weighted by molar-refractivity contribution is 5.71. The average molecular weight is 478 g/mol. The van der Waals surface area contributed by atoms with E-state index in [1.807, 2.05) is 18.2 Å². The number of nitrogens with one attached hydrogen (secondary N) is 1. The first-order chi connectivity index (χ1) is 16.0. The van der Waals surface area contributed by atoms with Crippen LogP contribution in [0.1, 0.15) is 52.0 Å². The fraction of sp³-hybridized carbons (Fsp3) is 0.519. The Bertz CT molecular complexity index is 928. The van der Waals surface area contributed by atoms with E-state index in [1.54, 1.807) is 12.1 Å². The van der Waals surface area contributed by atoms with Gasteiger partial charge in [0.1, 0.15) is 17.9 Å². The third-order valence-electron chi connectivity index (χ3n) is 6.98. The van der Waals surface area contributed by atoms with Crippen LogP contribution in [0.15, 0.2) is 54.6 Å². The predicted molar refractivity (Wildman–Crippen MR) is 127 cm³/mol. The summed E-state index contributed by atoms with van der Waals surface area (Å²) < 4.78 is 52.1. The summed E-state index contributed by atoms with van der Waals surface area (Å²) in [6.07, 6.45) is -3.33. The molecule has 4 nitrogen and oxygen atoms in total. The summed E-state index contributed by atoms with van der Waals surface area (Å²) >= 11 is 0. The molecule has 1 fully saturated rings. The molecule has 2 aromatic carbocycles. The monoisotopic (exact) mass is 477 g/mol. The van der Waals surface area contributed by atoms with Crippen molar-refractivity contribution in [2.45, 2.75) is 70.2 Å². The van der Waals surface area contributed by atoms with Gasteiger partial charge in [-0.2, -0.15) is 13.2 Å². The van der Waals surface area contributed by atoms with Gasteiger partial charge in [-0.05, 0) is 54.0 Å². The van der Waals surface area contributed by atoms with Gasteiger partial charge in [-0.15, -0.1) is 0 Å². The molecule has 186 valence electrons. The van der Waals surface area contributed by atoms with Crippen molar-refractivity contribution in [3.8, 4) is 5.75 Å². The number of methoxy groups -OCH3 is 1. The standard InChI is InChI=1S/C27H34F3NO3/c1-18-10-15-22(26(2,3)19-8-6-5-7-9-19)23(16-18)34-25(32)17-24(27(28,29)30)31-20-11-13-21(33-4)14-12-20/h5-9,11-14,18,22-24,31H,10,15-17H2,1-4H3/t18-,22-,23-,24+/m1/s1. The molecule has 0 heterocycles. The first kappa shape index (κ1) is 25.9. The Morgan fingerprint density at radius 2 is 1.71 bits per heavy atom. The predicted octanol–water partition coefficient (Wildman–Crippen LogP) is 6.75. The number of carbonyl (C=O) groups is 1. The van der Waals surface area contributed by atoms with Crippen LogP contribution in [0, 0.1) is 11.8 Å². The number of hydrogen-bond acceptors (Lipinski definition) is 4. The molecule has 0 aromatic heterocycles. The normalized spacial score (nSPS) is 22.0. The highest BCUT2D eigenvalue weighted by atomic mass is 19.4. The molecule has 0 amide bonds. The van der Waals surface area contributed by atoms with Crippen LogP contribution in [0.25, 0.3) is 0 Å². The largest absolute Gasteiger partial charge is 0.497 e. The van der Waals surface area contributed by atoms with Gasteiger partial charge in [0.25, 0.3) is 0 Å². The molecule has 0 aliphatic heterocycles. The minimum atomic E-state index is -4.61. The zero-order valence-electron chi connectivity index (χ0n) is 20.2. The summed E-state index contributed by atoms with van der Waals surface area (Å²) in [7, 11) is 1.48. The van der Waals surface area contributed by atoms with E-state index in [-0.39, 0.29) is 17.0 Å². The SMILES string of the molecule is COc1ccc(N[C@@H](CC(=O)O[C@@H]2C[C@H](C)CC[C@H]2C(C)(C)c2ccccc2)C(F)(F)F)cc1. The van der Waals surface area contributed by atoms with E-state index in [4.69, 9.17) is 9.47 Å². The maximum atomic E-state index is 13.7. The van der Waals surface area contributed by atoms with Crippen molar-refractivity contribution >= 4 is 11.7 Å². The molecule has 0 bridgehead atoms. The van der Waals surface area contributed by atoms with E-state index in [1.165, 1.54) is 19.2 Å². The molecule has 1 saturated carbocycles. The second-order valence-corrected chi connectivity index (χ2v) is 9.81. The van der Waals surface area contributed by atoms with Crippen LogP contribution in [0.4, 0.5) is 18.9 Å². The van der Waals surface area contributed by atoms with Gasteiger partial charge in [-0.1, -0.05) is 57.5 Å². The molecule has 34 heavy (non-hydrogen) atoms. The zero-order chi connectivity index (χ0) is 24.9. The maximum Gasteiger partial charge on any atom is 0.409 e. The Labute approximate surface area is 199 Å². The second kappa shape index (κ2) is 10.7. The second-order valence-electron chi connectivity index (χ2n) is 9.81. The fourth-order valence-electron chi connectivity index (χ4n) is 4.89. The smallest absolute Gasteiger partial charge is 0.409 e. The third-order valence-corrected chi connectivity index (χ3v) is 6.98. The fourth-order valence-corrected chi connectivity index (χ4v) is 4.89. The molecule has 1 N–H and O–H groups in total. The molecule has 7 heteroatoms. The van der Waals surface area contributed by atoms with Gasteiger partial charge in [0.2, 0.25) is 0 Å². The van der Waals surface area contributed by atoms with Crippen molar-refractivity contribution in [3.05, 3.63) is 60.2 Å². The number of alkyl halides is 3. The molecular weight excluding hydrogens is 443 g/mol. The van der Waals surface area contributed by atoms with Crippen LogP contribution in [0.3, 0.4) is 0 Å². The van der Waals surface area contributed by atoms with E-state index in [0.717, 1.165) is 18.4 Å². The van der Waals surface area contributed by atoms with Gasteiger partial charge < -0.3 is 14.8 Å².